The fraction of sp³-hybridized carbons (Fsp3) is 0.0556. The molecule has 3 aromatic rings. The van der Waals surface area contributed by atoms with E-state index in [2.05, 4.69) is 16.0 Å². The smallest absolute Gasteiger partial charge is 0.259 e. The Morgan fingerprint density at radius 1 is 1.26 bits per heavy atom. The minimum absolute atomic E-state index is 0.229. The number of aryl methyl sites for hydroxylation is 1. The van der Waals surface area contributed by atoms with Crippen molar-refractivity contribution in [3.8, 4) is 6.07 Å². The van der Waals surface area contributed by atoms with Crippen LogP contribution in [0, 0.1) is 18.3 Å². The lowest BCUT2D eigenvalue weighted by atomic mass is 10.1. The van der Waals surface area contributed by atoms with Crippen molar-refractivity contribution in [2.75, 3.05) is 0 Å². The minimum Gasteiger partial charge on any atom is -0.305 e. The second-order valence-electron chi connectivity index (χ2n) is 5.16. The number of fused-ring (bicyclic) bond motifs is 1. The number of nitrogens with zero attached hydrogens (tertiary/aromatic N) is 2. The van der Waals surface area contributed by atoms with Crippen molar-refractivity contribution >= 4 is 34.2 Å². The Balaban J connectivity index is 2.15. The van der Waals surface area contributed by atoms with Gasteiger partial charge in [0.05, 0.1) is 16.5 Å². The van der Waals surface area contributed by atoms with Gasteiger partial charge in [-0.1, -0.05) is 41.4 Å². The van der Waals surface area contributed by atoms with Gasteiger partial charge in [0.2, 0.25) is 0 Å². The van der Waals surface area contributed by atoms with Gasteiger partial charge in [0.25, 0.3) is 5.56 Å². The molecule has 0 radical (unpaired) electrons. The lowest BCUT2D eigenvalue weighted by Crippen LogP contribution is -2.11. The van der Waals surface area contributed by atoms with Crippen LogP contribution in [0.15, 0.2) is 47.3 Å². The summed E-state index contributed by atoms with van der Waals surface area (Å²) in [6, 6.07) is 14.7. The van der Waals surface area contributed by atoms with E-state index in [0.29, 0.717) is 15.9 Å². The number of nitriles is 1. The number of allylic oxidation sites excluding steroid dienone is 1. The highest BCUT2D eigenvalue weighted by molar-refractivity contribution is 6.31. The van der Waals surface area contributed by atoms with Gasteiger partial charge < -0.3 is 4.98 Å². The van der Waals surface area contributed by atoms with Crippen molar-refractivity contribution in [1.82, 2.24) is 9.97 Å². The van der Waals surface area contributed by atoms with Crippen LogP contribution >= 0.6 is 11.6 Å². The maximum absolute atomic E-state index is 12.2. The summed E-state index contributed by atoms with van der Waals surface area (Å²) in [6.45, 7) is 1.99. The fourth-order valence-electron chi connectivity index (χ4n) is 2.22. The zero-order valence-corrected chi connectivity index (χ0v) is 13.1. The van der Waals surface area contributed by atoms with Crippen LogP contribution in [0.2, 0.25) is 5.02 Å². The third kappa shape index (κ3) is 3.15. The maximum atomic E-state index is 12.2. The summed E-state index contributed by atoms with van der Waals surface area (Å²) in [5, 5.41) is 10.3. The van der Waals surface area contributed by atoms with E-state index in [-0.39, 0.29) is 17.0 Å². The van der Waals surface area contributed by atoms with E-state index in [9.17, 15) is 10.1 Å². The Kier molecular flexibility index (Phi) is 3.96. The van der Waals surface area contributed by atoms with E-state index in [1.54, 1.807) is 24.3 Å². The van der Waals surface area contributed by atoms with E-state index >= 15 is 0 Å². The molecule has 112 valence electrons. The van der Waals surface area contributed by atoms with Crippen LogP contribution < -0.4 is 5.56 Å². The predicted molar refractivity (Wildman–Crippen MR) is 92.0 cm³/mol. The number of aromatic amines is 1. The molecule has 23 heavy (non-hydrogen) atoms. The monoisotopic (exact) mass is 321 g/mol. The molecule has 0 atom stereocenters. The Morgan fingerprint density at radius 2 is 2.00 bits per heavy atom. The minimum atomic E-state index is -0.299. The van der Waals surface area contributed by atoms with Crippen molar-refractivity contribution in [3.63, 3.8) is 0 Å². The lowest BCUT2D eigenvalue weighted by Gasteiger charge is -2.03. The van der Waals surface area contributed by atoms with E-state index in [1.807, 2.05) is 31.2 Å². The summed E-state index contributed by atoms with van der Waals surface area (Å²) in [5.74, 6) is 0.229. The Labute approximate surface area is 137 Å². The summed E-state index contributed by atoms with van der Waals surface area (Å²) in [4.78, 5) is 19.2. The molecule has 0 fully saturated rings. The second kappa shape index (κ2) is 6.07. The zero-order chi connectivity index (χ0) is 16.4. The molecule has 0 bridgehead atoms. The lowest BCUT2D eigenvalue weighted by molar-refractivity contribution is 1.13. The van der Waals surface area contributed by atoms with E-state index in [4.69, 9.17) is 11.6 Å². The Hall–Kier alpha value is -2.90. The van der Waals surface area contributed by atoms with Gasteiger partial charge >= 0.3 is 0 Å². The van der Waals surface area contributed by atoms with Gasteiger partial charge in [-0.05, 0) is 36.8 Å². The third-order valence-corrected chi connectivity index (χ3v) is 3.67. The molecule has 0 amide bonds. The molecule has 0 aliphatic heterocycles. The maximum Gasteiger partial charge on any atom is 0.259 e. The van der Waals surface area contributed by atoms with Crippen LogP contribution in [0.4, 0.5) is 0 Å². The molecule has 0 aliphatic carbocycles. The first-order valence-corrected chi connectivity index (χ1v) is 7.33. The first-order valence-electron chi connectivity index (χ1n) is 6.95. The Bertz CT molecular complexity index is 1010. The van der Waals surface area contributed by atoms with Crippen LogP contribution in [-0.2, 0) is 0 Å². The predicted octanol–water partition coefficient (Wildman–Crippen LogP) is 3.95. The van der Waals surface area contributed by atoms with Crippen molar-refractivity contribution in [2.24, 2.45) is 0 Å². The van der Waals surface area contributed by atoms with Gasteiger partial charge in [-0.3, -0.25) is 4.79 Å². The number of nitrogens with one attached hydrogen (secondary N) is 1. The van der Waals surface area contributed by atoms with Gasteiger partial charge in [0.1, 0.15) is 6.07 Å². The van der Waals surface area contributed by atoms with Gasteiger partial charge in [-0.25, -0.2) is 4.98 Å². The van der Waals surface area contributed by atoms with Crippen LogP contribution in [-0.4, -0.2) is 9.97 Å². The van der Waals surface area contributed by atoms with Crippen molar-refractivity contribution in [1.29, 1.82) is 5.26 Å². The highest BCUT2D eigenvalue weighted by Crippen LogP contribution is 2.18. The molecule has 4 nitrogen and oxygen atoms in total. The summed E-state index contributed by atoms with van der Waals surface area (Å²) < 4.78 is 0. The standard InChI is InChI=1S/C18H12ClN3O/c1-11-2-4-12(5-3-11)8-13(10-20)17-21-16-9-14(19)6-7-15(16)18(23)22-17/h2-9H,1H3,(H,21,22,23)/b13-8+. The van der Waals surface area contributed by atoms with Crippen molar-refractivity contribution < 1.29 is 0 Å². The first-order chi connectivity index (χ1) is 11.1. The molecule has 0 unspecified atom stereocenters. The molecule has 2 aromatic carbocycles. The summed E-state index contributed by atoms with van der Waals surface area (Å²) in [5.41, 5.74) is 2.44. The largest absolute Gasteiger partial charge is 0.305 e. The van der Waals surface area contributed by atoms with Gasteiger partial charge in [0, 0.05) is 5.02 Å². The molecule has 1 N–H and O–H groups in total. The quantitative estimate of drug-likeness (QED) is 0.726. The average Bonchev–Trinajstić information content (AvgIpc) is 2.53. The summed E-state index contributed by atoms with van der Waals surface area (Å²) in [6.07, 6.45) is 1.69. The third-order valence-electron chi connectivity index (χ3n) is 3.43. The topological polar surface area (TPSA) is 69.5 Å². The molecular weight excluding hydrogens is 310 g/mol. The van der Waals surface area contributed by atoms with E-state index < -0.39 is 0 Å². The van der Waals surface area contributed by atoms with Gasteiger partial charge in [0.15, 0.2) is 5.82 Å². The van der Waals surface area contributed by atoms with Crippen molar-refractivity contribution in [2.45, 2.75) is 6.92 Å². The van der Waals surface area contributed by atoms with Crippen LogP contribution in [0.1, 0.15) is 17.0 Å². The zero-order valence-electron chi connectivity index (χ0n) is 12.3. The van der Waals surface area contributed by atoms with Crippen LogP contribution in [0.3, 0.4) is 0 Å². The van der Waals surface area contributed by atoms with E-state index in [1.165, 1.54) is 0 Å². The number of hydrogen-bond donors (Lipinski definition) is 1. The summed E-state index contributed by atoms with van der Waals surface area (Å²) in [7, 11) is 0. The number of H-pyrrole nitrogens is 1. The second-order valence-corrected chi connectivity index (χ2v) is 5.59. The molecular formula is C18H12ClN3O. The average molecular weight is 322 g/mol. The SMILES string of the molecule is Cc1ccc(/C=C(\C#N)c2nc3cc(Cl)ccc3c(=O)[nH]2)cc1. The Morgan fingerprint density at radius 3 is 2.70 bits per heavy atom. The number of aromatic nitrogens is 2. The number of benzene rings is 2. The normalized spacial score (nSPS) is 11.4. The number of halogens is 1. The van der Waals surface area contributed by atoms with Gasteiger partial charge in [-0.2, -0.15) is 5.26 Å². The molecule has 0 saturated heterocycles. The highest BCUT2D eigenvalue weighted by atomic mass is 35.5. The molecule has 1 heterocycles. The molecule has 1 aromatic heterocycles. The molecule has 0 aliphatic rings. The summed E-state index contributed by atoms with van der Waals surface area (Å²) >= 11 is 5.95. The molecule has 0 saturated carbocycles. The molecule has 3 rings (SSSR count). The molecule has 5 heteroatoms. The molecule has 0 spiro atoms. The van der Waals surface area contributed by atoms with Crippen LogP contribution in [0.25, 0.3) is 22.6 Å². The first kappa shape index (κ1) is 15.0. The van der Waals surface area contributed by atoms with Crippen LogP contribution in [0.5, 0.6) is 0 Å². The fourth-order valence-corrected chi connectivity index (χ4v) is 2.39. The highest BCUT2D eigenvalue weighted by Gasteiger charge is 2.08. The number of hydrogen-bond acceptors (Lipinski definition) is 3. The van der Waals surface area contributed by atoms with Crippen molar-refractivity contribution in [3.05, 3.63) is 74.8 Å². The van der Waals surface area contributed by atoms with Gasteiger partial charge in [-0.15, -0.1) is 0 Å². The van der Waals surface area contributed by atoms with E-state index in [0.717, 1.165) is 11.1 Å². The number of rotatable bonds is 2.